The van der Waals surface area contributed by atoms with Crippen molar-refractivity contribution in [3.05, 3.63) is 29.8 Å². The summed E-state index contributed by atoms with van der Waals surface area (Å²) in [4.78, 5) is 40.5. The van der Waals surface area contributed by atoms with Crippen molar-refractivity contribution in [1.82, 2.24) is 15.1 Å². The van der Waals surface area contributed by atoms with E-state index < -0.39 is 17.6 Å². The van der Waals surface area contributed by atoms with E-state index in [0.29, 0.717) is 64.0 Å². The Labute approximate surface area is 200 Å². The highest BCUT2D eigenvalue weighted by atomic mass is 16.5. The number of rotatable bonds is 3. The number of amides is 3. The number of nitrogens with zero attached hydrogens (tertiary/aromatic N) is 2. The molecule has 1 aromatic carbocycles. The van der Waals surface area contributed by atoms with Gasteiger partial charge in [-0.15, -0.1) is 0 Å². The monoisotopic (exact) mass is 473 g/mol. The molecule has 3 N–H and O–H groups in total. The molecule has 2 atom stereocenters. The molecule has 0 aliphatic carbocycles. The first-order valence-corrected chi connectivity index (χ1v) is 12.2. The number of benzene rings is 1. The van der Waals surface area contributed by atoms with Gasteiger partial charge in [0.15, 0.2) is 6.61 Å². The van der Waals surface area contributed by atoms with Crippen molar-refractivity contribution in [1.29, 1.82) is 0 Å². The molecule has 4 rings (SSSR count). The van der Waals surface area contributed by atoms with Crippen molar-refractivity contribution in [3.8, 4) is 5.75 Å². The zero-order chi connectivity index (χ0) is 24.1. The number of ether oxygens (including phenoxy) is 1. The lowest BCUT2D eigenvalue weighted by atomic mass is 9.73. The van der Waals surface area contributed by atoms with E-state index in [1.807, 2.05) is 17.0 Å². The summed E-state index contributed by atoms with van der Waals surface area (Å²) in [7, 11) is 0. The lowest BCUT2D eigenvalue weighted by Gasteiger charge is -2.43. The maximum Gasteiger partial charge on any atom is 0.257 e. The zero-order valence-corrected chi connectivity index (χ0v) is 19.6. The van der Waals surface area contributed by atoms with Gasteiger partial charge in [-0.25, -0.2) is 0 Å². The molecule has 0 bridgehead atoms. The highest BCUT2D eigenvalue weighted by Gasteiger charge is 2.39. The Hall–Kier alpha value is -2.65. The predicted molar refractivity (Wildman–Crippen MR) is 124 cm³/mol. The third-order valence-corrected chi connectivity index (χ3v) is 7.45. The fourth-order valence-electron chi connectivity index (χ4n) is 5.25. The van der Waals surface area contributed by atoms with Crippen LogP contribution in [0.2, 0.25) is 0 Å². The fraction of sp³-hybridized carbons (Fsp3) is 0.640. The van der Waals surface area contributed by atoms with E-state index in [4.69, 9.17) is 4.74 Å². The quantitative estimate of drug-likeness (QED) is 0.587. The molecule has 0 unspecified atom stereocenters. The van der Waals surface area contributed by atoms with Gasteiger partial charge in [0.1, 0.15) is 5.75 Å². The number of fused-ring (bicyclic) bond motifs is 1. The molecule has 0 radical (unpaired) electrons. The normalized spacial score (nSPS) is 25.7. The summed E-state index contributed by atoms with van der Waals surface area (Å²) >= 11 is 0. The minimum Gasteiger partial charge on any atom is -0.483 e. The third-order valence-electron chi connectivity index (χ3n) is 7.45. The number of likely N-dealkylation sites (tertiary alicyclic amines) is 2. The third kappa shape index (κ3) is 5.88. The SMILES string of the molecule is O=C1COc2ccccc2C[C@H](O)[C@H](O)CC2(CCN(C(=O)CCN3CCCC3=O)CC2)CN1. The Morgan fingerprint density at radius 3 is 2.62 bits per heavy atom. The first-order chi connectivity index (χ1) is 16.3. The molecule has 3 heterocycles. The van der Waals surface area contributed by atoms with Gasteiger partial charge in [-0.3, -0.25) is 14.4 Å². The van der Waals surface area contributed by atoms with Crippen LogP contribution in [0.3, 0.4) is 0 Å². The van der Waals surface area contributed by atoms with E-state index in [2.05, 4.69) is 5.32 Å². The highest BCUT2D eigenvalue weighted by Crippen LogP contribution is 2.37. The minimum atomic E-state index is -0.965. The summed E-state index contributed by atoms with van der Waals surface area (Å²) in [6.07, 6.45) is 1.60. The van der Waals surface area contributed by atoms with Crippen LogP contribution in [0.1, 0.15) is 44.1 Å². The van der Waals surface area contributed by atoms with Crippen LogP contribution in [-0.2, 0) is 20.8 Å². The van der Waals surface area contributed by atoms with E-state index in [-0.39, 0.29) is 30.7 Å². The van der Waals surface area contributed by atoms with Gasteiger partial charge >= 0.3 is 0 Å². The summed E-state index contributed by atoms with van der Waals surface area (Å²) in [5.41, 5.74) is 0.324. The smallest absolute Gasteiger partial charge is 0.257 e. The second-order valence-electron chi connectivity index (χ2n) is 9.83. The number of aliphatic hydroxyl groups excluding tert-OH is 2. The number of carbonyl (C=O) groups excluding carboxylic acids is 3. The van der Waals surface area contributed by atoms with Crippen molar-refractivity contribution in [2.75, 3.05) is 39.3 Å². The van der Waals surface area contributed by atoms with Crippen molar-refractivity contribution in [2.24, 2.45) is 5.41 Å². The van der Waals surface area contributed by atoms with Crippen LogP contribution in [0.25, 0.3) is 0 Å². The Kier molecular flexibility index (Phi) is 7.73. The largest absolute Gasteiger partial charge is 0.483 e. The van der Waals surface area contributed by atoms with Crippen molar-refractivity contribution in [3.63, 3.8) is 0 Å². The number of nitrogens with one attached hydrogen (secondary N) is 1. The number of aliphatic hydroxyl groups is 2. The second kappa shape index (κ2) is 10.7. The molecule has 1 spiro atoms. The zero-order valence-electron chi connectivity index (χ0n) is 19.6. The molecular formula is C25H35N3O6. The van der Waals surface area contributed by atoms with E-state index in [9.17, 15) is 24.6 Å². The summed E-state index contributed by atoms with van der Waals surface area (Å²) < 4.78 is 5.67. The maximum absolute atomic E-state index is 12.7. The summed E-state index contributed by atoms with van der Waals surface area (Å²) in [5.74, 6) is 0.436. The van der Waals surface area contributed by atoms with Gasteiger partial charge in [-0.05, 0) is 42.7 Å². The minimum absolute atomic E-state index is 0.0253. The van der Waals surface area contributed by atoms with E-state index in [1.54, 1.807) is 17.0 Å². The van der Waals surface area contributed by atoms with Gasteiger partial charge in [0.2, 0.25) is 11.8 Å². The first-order valence-electron chi connectivity index (χ1n) is 12.2. The van der Waals surface area contributed by atoms with Crippen LogP contribution in [0.4, 0.5) is 0 Å². The molecule has 1 aromatic rings. The Morgan fingerprint density at radius 2 is 1.88 bits per heavy atom. The molecule has 0 saturated carbocycles. The number of carbonyl (C=O) groups is 3. The molecule has 34 heavy (non-hydrogen) atoms. The summed E-state index contributed by atoms with van der Waals surface area (Å²) in [5, 5.41) is 24.5. The summed E-state index contributed by atoms with van der Waals surface area (Å²) in [6.45, 7) is 2.46. The second-order valence-corrected chi connectivity index (χ2v) is 9.83. The summed E-state index contributed by atoms with van der Waals surface area (Å²) in [6, 6.07) is 7.21. The number of hydrogen-bond acceptors (Lipinski definition) is 6. The molecule has 9 heteroatoms. The number of hydrogen-bond donors (Lipinski definition) is 3. The van der Waals surface area contributed by atoms with E-state index in [0.717, 1.165) is 18.5 Å². The molecule has 2 fully saturated rings. The highest BCUT2D eigenvalue weighted by molar-refractivity contribution is 5.80. The Bertz CT molecular complexity index is 898. The van der Waals surface area contributed by atoms with Crippen molar-refractivity contribution < 1.29 is 29.3 Å². The van der Waals surface area contributed by atoms with Crippen molar-refractivity contribution >= 4 is 17.7 Å². The topological polar surface area (TPSA) is 119 Å². The maximum atomic E-state index is 12.7. The van der Waals surface area contributed by atoms with Crippen LogP contribution in [0.15, 0.2) is 24.3 Å². The van der Waals surface area contributed by atoms with Crippen LogP contribution in [0, 0.1) is 5.41 Å². The average Bonchev–Trinajstić information content (AvgIpc) is 3.25. The van der Waals surface area contributed by atoms with Crippen molar-refractivity contribution in [2.45, 2.75) is 57.2 Å². The van der Waals surface area contributed by atoms with Crippen LogP contribution in [0.5, 0.6) is 5.75 Å². The molecule has 186 valence electrons. The molecule has 3 aliphatic rings. The molecule has 3 aliphatic heterocycles. The fourth-order valence-corrected chi connectivity index (χ4v) is 5.25. The molecule has 3 amide bonds. The van der Waals surface area contributed by atoms with E-state index in [1.165, 1.54) is 0 Å². The van der Waals surface area contributed by atoms with Gasteiger partial charge in [0.05, 0.1) is 12.2 Å². The average molecular weight is 474 g/mol. The standard InChI is InChI=1S/C25H35N3O6/c29-19-14-18-4-1-2-5-21(18)34-16-22(31)26-17-25(15-20(19)30)8-12-28(13-9-25)24(33)7-11-27-10-3-6-23(27)32/h1-2,4-5,19-20,29-30H,3,6-17H2,(H,26,31)/t19-,20+/m0/s1. The van der Waals surface area contributed by atoms with Gasteiger partial charge in [0.25, 0.3) is 5.91 Å². The van der Waals surface area contributed by atoms with Crippen LogP contribution in [-0.4, -0.2) is 89.3 Å². The van der Waals surface area contributed by atoms with Gasteiger partial charge in [-0.2, -0.15) is 0 Å². The number of para-hydroxylation sites is 1. The molecule has 2 saturated heterocycles. The first kappa shape index (κ1) is 24.5. The van der Waals surface area contributed by atoms with E-state index >= 15 is 0 Å². The lowest BCUT2D eigenvalue weighted by Crippen LogP contribution is -2.51. The number of piperidine rings is 1. The molecule has 9 nitrogen and oxygen atoms in total. The van der Waals surface area contributed by atoms with Gasteiger partial charge in [0, 0.05) is 52.0 Å². The molecular weight excluding hydrogens is 438 g/mol. The van der Waals surface area contributed by atoms with Crippen LogP contribution >= 0.6 is 0 Å². The van der Waals surface area contributed by atoms with Gasteiger partial charge < -0.3 is 30.1 Å². The lowest BCUT2D eigenvalue weighted by molar-refractivity contribution is -0.136. The Morgan fingerprint density at radius 1 is 1.12 bits per heavy atom. The Balaban J connectivity index is 1.38. The van der Waals surface area contributed by atoms with Gasteiger partial charge in [-0.1, -0.05) is 18.2 Å². The predicted octanol–water partition coefficient (Wildman–Crippen LogP) is 0.471. The molecule has 0 aromatic heterocycles. The van der Waals surface area contributed by atoms with Crippen LogP contribution < -0.4 is 10.1 Å².